The summed E-state index contributed by atoms with van der Waals surface area (Å²) in [7, 11) is 1.84. The van der Waals surface area contributed by atoms with Gasteiger partial charge < -0.3 is 14.7 Å². The topological polar surface area (TPSA) is 109 Å². The van der Waals surface area contributed by atoms with E-state index in [1.54, 1.807) is 6.20 Å². The van der Waals surface area contributed by atoms with Crippen molar-refractivity contribution in [3.05, 3.63) is 29.6 Å². The number of hydrogen-bond donors (Lipinski definition) is 2. The number of amides is 3. The summed E-state index contributed by atoms with van der Waals surface area (Å²) >= 11 is 0. The summed E-state index contributed by atoms with van der Waals surface area (Å²) in [5.74, 6) is 1.09. The van der Waals surface area contributed by atoms with Gasteiger partial charge in [-0.15, -0.1) is 0 Å². The van der Waals surface area contributed by atoms with Gasteiger partial charge in [0, 0.05) is 33.1 Å². The second kappa shape index (κ2) is 6.81. The summed E-state index contributed by atoms with van der Waals surface area (Å²) < 4.78 is 1.83. The maximum absolute atomic E-state index is 12.0. The molecule has 130 valence electrons. The highest BCUT2D eigenvalue weighted by Crippen LogP contribution is 2.25. The summed E-state index contributed by atoms with van der Waals surface area (Å²) in [4.78, 5) is 41.8. The Balaban J connectivity index is 0.000000880. The number of hydrogen-bond acceptors (Lipinski definition) is 6. The van der Waals surface area contributed by atoms with Crippen molar-refractivity contribution in [3.8, 4) is 11.5 Å². The maximum atomic E-state index is 12.0. The van der Waals surface area contributed by atoms with Crippen molar-refractivity contribution < 1.29 is 14.4 Å². The van der Waals surface area contributed by atoms with Crippen LogP contribution in [0.25, 0.3) is 11.5 Å². The first-order valence-electron chi connectivity index (χ1n) is 7.75. The molecule has 2 aromatic heterocycles. The van der Waals surface area contributed by atoms with Crippen LogP contribution in [-0.2, 0) is 29.7 Å². The Bertz CT molecular complexity index is 831. The number of rotatable bonds is 2. The van der Waals surface area contributed by atoms with Crippen LogP contribution in [0.1, 0.15) is 17.7 Å². The fourth-order valence-electron chi connectivity index (χ4n) is 2.96. The van der Waals surface area contributed by atoms with E-state index in [2.05, 4.69) is 26.7 Å². The van der Waals surface area contributed by atoms with Crippen molar-refractivity contribution in [1.29, 1.82) is 0 Å². The summed E-state index contributed by atoms with van der Waals surface area (Å²) in [6, 6.07) is 3.58. The van der Waals surface area contributed by atoms with Crippen molar-refractivity contribution in [3.63, 3.8) is 0 Å². The Kier molecular flexibility index (Phi) is 4.57. The summed E-state index contributed by atoms with van der Waals surface area (Å²) in [6.07, 6.45) is 1.92. The van der Waals surface area contributed by atoms with E-state index < -0.39 is 6.03 Å². The highest BCUT2D eigenvalue weighted by atomic mass is 16.2. The van der Waals surface area contributed by atoms with E-state index in [0.29, 0.717) is 18.2 Å². The van der Waals surface area contributed by atoms with E-state index in [0.717, 1.165) is 24.5 Å². The predicted molar refractivity (Wildman–Crippen MR) is 89.6 cm³/mol. The molecule has 0 saturated carbocycles. The quantitative estimate of drug-likeness (QED) is 0.815. The number of aromatic nitrogens is 3. The molecule has 4 rings (SSSR count). The third-order valence-corrected chi connectivity index (χ3v) is 4.20. The fourth-order valence-corrected chi connectivity index (χ4v) is 2.96. The number of nitrogens with one attached hydrogen (secondary N) is 2. The van der Waals surface area contributed by atoms with Crippen LogP contribution in [0.2, 0.25) is 0 Å². The van der Waals surface area contributed by atoms with E-state index in [9.17, 15) is 9.59 Å². The standard InChI is InChI=1S/C15H16N6O2.CH2O/c1-20-13(21-5-4-12(22)19-15(21)23)8-17-14(20)10-3-2-9-6-16-7-11(9)18-10;1-2/h2-3,8,16H,4-7H2,1H3,(H,19,22,23);1H2. The molecule has 0 aliphatic carbocycles. The zero-order chi connectivity index (χ0) is 18.0. The average molecular weight is 342 g/mol. The molecular formula is C16H18N6O3. The molecular weight excluding hydrogens is 324 g/mol. The van der Waals surface area contributed by atoms with Gasteiger partial charge in [0.1, 0.15) is 18.3 Å². The van der Waals surface area contributed by atoms with Gasteiger partial charge in [0.05, 0.1) is 11.9 Å². The molecule has 1 saturated heterocycles. The molecule has 2 N–H and O–H groups in total. The number of carbonyl (C=O) groups is 3. The van der Waals surface area contributed by atoms with Gasteiger partial charge in [-0.2, -0.15) is 0 Å². The van der Waals surface area contributed by atoms with E-state index in [1.807, 2.05) is 24.5 Å². The van der Waals surface area contributed by atoms with Gasteiger partial charge in [0.2, 0.25) is 5.91 Å². The van der Waals surface area contributed by atoms with Crippen molar-refractivity contribution in [2.45, 2.75) is 19.5 Å². The second-order valence-corrected chi connectivity index (χ2v) is 5.66. The van der Waals surface area contributed by atoms with Gasteiger partial charge in [-0.1, -0.05) is 6.07 Å². The van der Waals surface area contributed by atoms with Gasteiger partial charge in [-0.25, -0.2) is 14.8 Å². The van der Waals surface area contributed by atoms with Crippen molar-refractivity contribution >= 4 is 24.5 Å². The van der Waals surface area contributed by atoms with E-state index in [-0.39, 0.29) is 12.3 Å². The molecule has 4 heterocycles. The van der Waals surface area contributed by atoms with Crippen molar-refractivity contribution in [2.24, 2.45) is 7.05 Å². The molecule has 0 spiro atoms. The first kappa shape index (κ1) is 16.8. The lowest BCUT2D eigenvalue weighted by atomic mass is 10.2. The van der Waals surface area contributed by atoms with Crippen LogP contribution in [0, 0.1) is 0 Å². The highest BCUT2D eigenvalue weighted by Gasteiger charge is 2.27. The monoisotopic (exact) mass is 342 g/mol. The molecule has 0 aromatic carbocycles. The van der Waals surface area contributed by atoms with Gasteiger partial charge >= 0.3 is 6.03 Å². The predicted octanol–water partition coefficient (Wildman–Crippen LogP) is 0.347. The molecule has 0 radical (unpaired) electrons. The number of anilines is 1. The molecule has 9 heteroatoms. The lowest BCUT2D eigenvalue weighted by Gasteiger charge is -2.26. The van der Waals surface area contributed by atoms with Crippen LogP contribution < -0.4 is 15.5 Å². The molecule has 2 aliphatic rings. The molecule has 9 nitrogen and oxygen atoms in total. The lowest BCUT2D eigenvalue weighted by Crippen LogP contribution is -2.50. The first-order valence-corrected chi connectivity index (χ1v) is 7.75. The molecule has 0 atom stereocenters. The largest absolute Gasteiger partial charge is 0.329 e. The highest BCUT2D eigenvalue weighted by molar-refractivity contribution is 6.05. The average Bonchev–Trinajstić information content (AvgIpc) is 3.23. The summed E-state index contributed by atoms with van der Waals surface area (Å²) in [6.45, 7) is 3.96. The van der Waals surface area contributed by atoms with Crippen molar-refractivity contribution in [1.82, 2.24) is 25.2 Å². The number of pyridine rings is 1. The number of fused-ring (bicyclic) bond motifs is 1. The number of imidazole rings is 1. The van der Waals surface area contributed by atoms with E-state index in [4.69, 9.17) is 4.79 Å². The van der Waals surface area contributed by atoms with Crippen LogP contribution >= 0.6 is 0 Å². The zero-order valence-corrected chi connectivity index (χ0v) is 13.8. The summed E-state index contributed by atoms with van der Waals surface area (Å²) in [5.41, 5.74) is 3.01. The number of carbonyl (C=O) groups excluding carboxylic acids is 3. The third-order valence-electron chi connectivity index (χ3n) is 4.20. The Morgan fingerprint density at radius 2 is 2.00 bits per heavy atom. The minimum Gasteiger partial charge on any atom is -0.312 e. The molecule has 2 aliphatic heterocycles. The lowest BCUT2D eigenvalue weighted by molar-refractivity contribution is -0.120. The van der Waals surface area contributed by atoms with E-state index >= 15 is 0 Å². The number of imide groups is 1. The SMILES string of the molecule is C=O.Cn1c(N2CCC(=O)NC2=O)cnc1-c1ccc2c(n1)CNC2. The van der Waals surface area contributed by atoms with Crippen LogP contribution in [0.5, 0.6) is 0 Å². The minimum atomic E-state index is -0.415. The third kappa shape index (κ3) is 3.01. The maximum Gasteiger partial charge on any atom is 0.329 e. The fraction of sp³-hybridized carbons (Fsp3) is 0.312. The van der Waals surface area contributed by atoms with E-state index in [1.165, 1.54) is 10.5 Å². The summed E-state index contributed by atoms with van der Waals surface area (Å²) in [5, 5.41) is 5.59. The molecule has 1 fully saturated rings. The van der Waals surface area contributed by atoms with Gasteiger partial charge in [0.25, 0.3) is 0 Å². The molecule has 0 bridgehead atoms. The Morgan fingerprint density at radius 1 is 1.20 bits per heavy atom. The van der Waals surface area contributed by atoms with Crippen LogP contribution in [0.3, 0.4) is 0 Å². The Hall–Kier alpha value is -3.07. The Labute approximate surface area is 144 Å². The number of nitrogens with zero attached hydrogens (tertiary/aromatic N) is 4. The van der Waals surface area contributed by atoms with Crippen LogP contribution in [0.15, 0.2) is 18.3 Å². The first-order chi connectivity index (χ1) is 12.1. The zero-order valence-electron chi connectivity index (χ0n) is 13.8. The molecule has 2 aromatic rings. The molecule has 3 amide bonds. The normalized spacial score (nSPS) is 16.1. The van der Waals surface area contributed by atoms with Gasteiger partial charge in [-0.05, 0) is 11.6 Å². The minimum absolute atomic E-state index is 0.249. The van der Waals surface area contributed by atoms with Crippen LogP contribution in [0.4, 0.5) is 10.6 Å². The second-order valence-electron chi connectivity index (χ2n) is 5.66. The van der Waals surface area contributed by atoms with Crippen molar-refractivity contribution in [2.75, 3.05) is 11.4 Å². The Morgan fingerprint density at radius 3 is 2.76 bits per heavy atom. The van der Waals surface area contributed by atoms with Gasteiger partial charge in [-0.3, -0.25) is 15.0 Å². The van der Waals surface area contributed by atoms with Gasteiger partial charge in [0.15, 0.2) is 5.82 Å². The number of urea groups is 1. The van der Waals surface area contributed by atoms with Crippen LogP contribution in [-0.4, -0.2) is 39.8 Å². The molecule has 25 heavy (non-hydrogen) atoms. The molecule has 0 unspecified atom stereocenters. The smallest absolute Gasteiger partial charge is 0.312 e.